The molecule has 1 amide bonds. The molecule has 2 fully saturated rings. The molecule has 27 heavy (non-hydrogen) atoms. The highest BCUT2D eigenvalue weighted by atomic mass is 16.6. The van der Waals surface area contributed by atoms with Crippen LogP contribution in [0, 0.1) is 5.92 Å². The lowest BCUT2D eigenvalue weighted by Gasteiger charge is -2.23. The van der Waals surface area contributed by atoms with Crippen LogP contribution < -0.4 is 16.0 Å². The van der Waals surface area contributed by atoms with Crippen molar-refractivity contribution in [3.05, 3.63) is 11.8 Å². The second-order valence-corrected chi connectivity index (χ2v) is 8.86. The average molecular weight is 376 g/mol. The number of nitrogens with one attached hydrogen (secondary N) is 1. The van der Waals surface area contributed by atoms with E-state index >= 15 is 0 Å². The van der Waals surface area contributed by atoms with E-state index in [2.05, 4.69) is 26.3 Å². The van der Waals surface area contributed by atoms with Gasteiger partial charge in [0.2, 0.25) is 5.95 Å². The van der Waals surface area contributed by atoms with Crippen LogP contribution in [0.3, 0.4) is 0 Å². The average Bonchev–Trinajstić information content (AvgIpc) is 3.02. The molecule has 3 rings (SSSR count). The van der Waals surface area contributed by atoms with E-state index in [1.807, 2.05) is 20.8 Å². The largest absolute Gasteiger partial charge is 0.444 e. The fourth-order valence-corrected chi connectivity index (χ4v) is 4.02. The van der Waals surface area contributed by atoms with Gasteiger partial charge in [-0.3, -0.25) is 0 Å². The van der Waals surface area contributed by atoms with Crippen LogP contribution in [0.4, 0.5) is 16.6 Å². The molecule has 1 saturated heterocycles. The molecule has 0 spiro atoms. The summed E-state index contributed by atoms with van der Waals surface area (Å²) in [7, 11) is 0. The first-order valence-electron chi connectivity index (χ1n) is 10.2. The van der Waals surface area contributed by atoms with Crippen LogP contribution in [0.25, 0.3) is 0 Å². The standard InChI is InChI=1S/C20H33N5O2/c1-20(2,3)27-19(26)23-15-9-10-25(13-15)17-12-16(22-18(21)24-17)11-14-7-5-4-6-8-14/h12,14-15H,4-11,13H2,1-3H3,(H,23,26)(H2,21,22,24). The molecule has 7 nitrogen and oxygen atoms in total. The summed E-state index contributed by atoms with van der Waals surface area (Å²) in [4.78, 5) is 23.0. The highest BCUT2D eigenvalue weighted by molar-refractivity contribution is 5.68. The number of hydrogen-bond donors (Lipinski definition) is 2. The Kier molecular flexibility index (Phi) is 6.07. The van der Waals surface area contributed by atoms with Crippen molar-refractivity contribution in [2.75, 3.05) is 23.7 Å². The molecule has 150 valence electrons. The number of amides is 1. The van der Waals surface area contributed by atoms with Gasteiger partial charge in [0.05, 0.1) is 6.04 Å². The number of nitrogens with zero attached hydrogens (tertiary/aromatic N) is 3. The number of carbonyl (C=O) groups is 1. The molecule has 1 unspecified atom stereocenters. The van der Waals surface area contributed by atoms with Gasteiger partial charge in [0.15, 0.2) is 0 Å². The Balaban J connectivity index is 1.59. The van der Waals surface area contributed by atoms with Gasteiger partial charge in [-0.2, -0.15) is 4.98 Å². The summed E-state index contributed by atoms with van der Waals surface area (Å²) >= 11 is 0. The number of carbonyl (C=O) groups excluding carboxylic acids is 1. The maximum Gasteiger partial charge on any atom is 0.407 e. The van der Waals surface area contributed by atoms with E-state index in [9.17, 15) is 4.79 Å². The van der Waals surface area contributed by atoms with Gasteiger partial charge in [0.25, 0.3) is 0 Å². The van der Waals surface area contributed by atoms with Gasteiger partial charge in [-0.05, 0) is 39.5 Å². The van der Waals surface area contributed by atoms with Crippen molar-refractivity contribution >= 4 is 17.9 Å². The lowest BCUT2D eigenvalue weighted by Crippen LogP contribution is -2.40. The van der Waals surface area contributed by atoms with E-state index in [1.165, 1.54) is 32.1 Å². The summed E-state index contributed by atoms with van der Waals surface area (Å²) in [5, 5.41) is 2.95. The zero-order chi connectivity index (χ0) is 19.4. The van der Waals surface area contributed by atoms with Gasteiger partial charge in [-0.15, -0.1) is 0 Å². The zero-order valence-corrected chi connectivity index (χ0v) is 16.8. The molecule has 2 aliphatic rings. The molecule has 7 heteroatoms. The minimum Gasteiger partial charge on any atom is -0.444 e. The van der Waals surface area contributed by atoms with E-state index in [-0.39, 0.29) is 12.1 Å². The molecule has 1 saturated carbocycles. The van der Waals surface area contributed by atoms with E-state index in [1.54, 1.807) is 0 Å². The van der Waals surface area contributed by atoms with Crippen molar-refractivity contribution in [3.63, 3.8) is 0 Å². The Hall–Kier alpha value is -2.05. The van der Waals surface area contributed by atoms with Crippen molar-refractivity contribution in [1.82, 2.24) is 15.3 Å². The normalized spacial score (nSPS) is 21.3. The minimum atomic E-state index is -0.489. The third-order valence-corrected chi connectivity index (χ3v) is 5.24. The smallest absolute Gasteiger partial charge is 0.407 e. The quantitative estimate of drug-likeness (QED) is 0.839. The molecule has 0 aromatic carbocycles. The predicted molar refractivity (Wildman–Crippen MR) is 107 cm³/mol. The number of aromatic nitrogens is 2. The Labute approximate surface area is 162 Å². The second-order valence-electron chi connectivity index (χ2n) is 8.86. The third-order valence-electron chi connectivity index (χ3n) is 5.24. The summed E-state index contributed by atoms with van der Waals surface area (Å²) < 4.78 is 5.35. The summed E-state index contributed by atoms with van der Waals surface area (Å²) in [6, 6.07) is 2.12. The van der Waals surface area contributed by atoms with E-state index in [0.717, 1.165) is 30.9 Å². The van der Waals surface area contributed by atoms with Crippen LogP contribution >= 0.6 is 0 Å². The molecule has 1 aromatic heterocycles. The molecular weight excluding hydrogens is 342 g/mol. The summed E-state index contributed by atoms with van der Waals surface area (Å²) in [6.45, 7) is 7.14. The Bertz CT molecular complexity index is 652. The number of nitrogens with two attached hydrogens (primary N) is 1. The minimum absolute atomic E-state index is 0.0536. The fraction of sp³-hybridized carbons (Fsp3) is 0.750. The number of alkyl carbamates (subject to hydrolysis) is 1. The van der Waals surface area contributed by atoms with E-state index in [0.29, 0.717) is 18.4 Å². The molecule has 1 aromatic rings. The van der Waals surface area contributed by atoms with Crippen LogP contribution in [-0.4, -0.2) is 40.8 Å². The third kappa shape index (κ3) is 5.97. The summed E-state index contributed by atoms with van der Waals surface area (Å²) in [5.74, 6) is 1.91. The van der Waals surface area contributed by atoms with Crippen molar-refractivity contribution in [3.8, 4) is 0 Å². The van der Waals surface area contributed by atoms with Crippen LogP contribution in [0.5, 0.6) is 0 Å². The molecule has 1 atom stereocenters. The summed E-state index contributed by atoms with van der Waals surface area (Å²) in [6.07, 6.45) is 8.04. The highest BCUT2D eigenvalue weighted by Crippen LogP contribution is 2.28. The molecule has 1 aliphatic heterocycles. The Morgan fingerprint density at radius 1 is 1.26 bits per heavy atom. The van der Waals surface area contributed by atoms with Gasteiger partial charge in [-0.25, -0.2) is 9.78 Å². The molecule has 0 bridgehead atoms. The number of nitrogen functional groups attached to an aromatic ring is 1. The van der Waals surface area contributed by atoms with E-state index < -0.39 is 5.60 Å². The molecule has 1 aliphatic carbocycles. The Morgan fingerprint density at radius 2 is 2.00 bits per heavy atom. The topological polar surface area (TPSA) is 93.4 Å². The lowest BCUT2D eigenvalue weighted by molar-refractivity contribution is 0.0509. The number of ether oxygens (including phenoxy) is 1. The maximum atomic E-state index is 12.0. The molecule has 0 radical (unpaired) electrons. The maximum absolute atomic E-state index is 12.0. The van der Waals surface area contributed by atoms with Crippen molar-refractivity contribution in [1.29, 1.82) is 0 Å². The van der Waals surface area contributed by atoms with Crippen molar-refractivity contribution in [2.45, 2.75) is 77.4 Å². The first-order valence-corrected chi connectivity index (χ1v) is 10.2. The zero-order valence-electron chi connectivity index (χ0n) is 16.8. The molecule has 2 heterocycles. The SMILES string of the molecule is CC(C)(C)OC(=O)NC1CCN(c2cc(CC3CCCCC3)nc(N)n2)C1. The van der Waals surface area contributed by atoms with Crippen LogP contribution in [0.2, 0.25) is 0 Å². The van der Waals surface area contributed by atoms with Gasteiger partial charge in [0.1, 0.15) is 11.4 Å². The van der Waals surface area contributed by atoms with E-state index in [4.69, 9.17) is 10.5 Å². The summed E-state index contributed by atoms with van der Waals surface area (Å²) in [5.41, 5.74) is 6.52. The number of anilines is 2. The van der Waals surface area contributed by atoms with Gasteiger partial charge in [0, 0.05) is 24.8 Å². The second kappa shape index (κ2) is 8.31. The van der Waals surface area contributed by atoms with Crippen LogP contribution in [0.1, 0.15) is 65.0 Å². The first kappa shape index (κ1) is 19.7. The van der Waals surface area contributed by atoms with Crippen molar-refractivity contribution < 1.29 is 9.53 Å². The van der Waals surface area contributed by atoms with Crippen LogP contribution in [-0.2, 0) is 11.2 Å². The van der Waals surface area contributed by atoms with Crippen molar-refractivity contribution in [2.24, 2.45) is 5.92 Å². The van der Waals surface area contributed by atoms with Gasteiger partial charge < -0.3 is 20.7 Å². The first-order chi connectivity index (χ1) is 12.8. The van der Waals surface area contributed by atoms with Crippen LogP contribution in [0.15, 0.2) is 6.07 Å². The van der Waals surface area contributed by atoms with Gasteiger partial charge in [-0.1, -0.05) is 32.1 Å². The number of rotatable bonds is 4. The highest BCUT2D eigenvalue weighted by Gasteiger charge is 2.27. The molecule has 3 N–H and O–H groups in total. The Morgan fingerprint density at radius 3 is 2.70 bits per heavy atom. The molecular formula is C20H33N5O2. The monoisotopic (exact) mass is 375 g/mol. The number of hydrogen-bond acceptors (Lipinski definition) is 6. The fourth-order valence-electron chi connectivity index (χ4n) is 4.02. The van der Waals surface area contributed by atoms with Gasteiger partial charge >= 0.3 is 6.09 Å². The predicted octanol–water partition coefficient (Wildman–Crippen LogP) is 3.29. The lowest BCUT2D eigenvalue weighted by atomic mass is 9.86.